The molecule has 0 unspecified atom stereocenters. The van der Waals surface area contributed by atoms with Crippen LogP contribution in [0.5, 0.6) is 0 Å². The highest BCUT2D eigenvalue weighted by molar-refractivity contribution is 6.05. The molecule has 4 rings (SSSR count). The predicted octanol–water partition coefficient (Wildman–Crippen LogP) is 3.52. The summed E-state index contributed by atoms with van der Waals surface area (Å²) in [5.41, 5.74) is 3.90. The summed E-state index contributed by atoms with van der Waals surface area (Å²) in [5, 5.41) is 7.26. The molecule has 0 radical (unpaired) electrons. The van der Waals surface area contributed by atoms with Gasteiger partial charge in [0.25, 0.3) is 5.91 Å². The van der Waals surface area contributed by atoms with Gasteiger partial charge in [-0.05, 0) is 41.3 Å². The minimum absolute atomic E-state index is 0.0734. The summed E-state index contributed by atoms with van der Waals surface area (Å²) in [6, 6.07) is 12.0. The number of pyridine rings is 1. The van der Waals surface area contributed by atoms with E-state index in [-0.39, 0.29) is 11.3 Å². The fraction of sp³-hybridized carbons (Fsp3) is 0.364. The molecule has 6 nitrogen and oxygen atoms in total. The van der Waals surface area contributed by atoms with Crippen molar-refractivity contribution in [3.63, 3.8) is 0 Å². The Bertz CT molecular complexity index is 978. The first-order chi connectivity index (χ1) is 13.4. The van der Waals surface area contributed by atoms with E-state index in [1.165, 1.54) is 5.56 Å². The van der Waals surface area contributed by atoms with Crippen LogP contribution >= 0.6 is 0 Å². The van der Waals surface area contributed by atoms with Gasteiger partial charge in [0, 0.05) is 37.1 Å². The van der Waals surface area contributed by atoms with Crippen molar-refractivity contribution >= 4 is 28.3 Å². The van der Waals surface area contributed by atoms with Crippen LogP contribution in [0.4, 0.5) is 11.5 Å². The Hall–Kier alpha value is -2.86. The number of nitrogens with one attached hydrogen (secondary N) is 3. The quantitative estimate of drug-likeness (QED) is 0.653. The molecule has 2 aromatic heterocycles. The zero-order valence-corrected chi connectivity index (χ0v) is 16.7. The minimum atomic E-state index is -0.184. The number of aromatic amines is 1. The van der Waals surface area contributed by atoms with Gasteiger partial charge in [0.05, 0.1) is 11.9 Å². The van der Waals surface area contributed by atoms with Gasteiger partial charge in [-0.3, -0.25) is 4.79 Å². The third-order valence-electron chi connectivity index (χ3n) is 5.20. The molecule has 1 aromatic carbocycles. The molecule has 1 saturated heterocycles. The number of carbonyl (C=O) groups is 1. The number of benzene rings is 1. The maximum atomic E-state index is 12.7. The largest absolute Gasteiger partial charge is 0.368 e. The molecule has 28 heavy (non-hydrogen) atoms. The van der Waals surface area contributed by atoms with Gasteiger partial charge in [0.1, 0.15) is 11.5 Å². The second-order valence-corrected chi connectivity index (χ2v) is 8.33. The van der Waals surface area contributed by atoms with Gasteiger partial charge < -0.3 is 20.5 Å². The van der Waals surface area contributed by atoms with Gasteiger partial charge in [-0.25, -0.2) is 4.98 Å². The summed E-state index contributed by atoms with van der Waals surface area (Å²) >= 11 is 0. The van der Waals surface area contributed by atoms with E-state index >= 15 is 0 Å². The topological polar surface area (TPSA) is 73.1 Å². The average molecular weight is 377 g/mol. The van der Waals surface area contributed by atoms with E-state index in [0.29, 0.717) is 11.5 Å². The van der Waals surface area contributed by atoms with Gasteiger partial charge in [0.2, 0.25) is 0 Å². The molecule has 0 atom stereocenters. The fourth-order valence-electron chi connectivity index (χ4n) is 3.48. The van der Waals surface area contributed by atoms with E-state index in [1.807, 2.05) is 30.5 Å². The lowest BCUT2D eigenvalue weighted by Gasteiger charge is -2.29. The fourth-order valence-corrected chi connectivity index (χ4v) is 3.48. The van der Waals surface area contributed by atoms with Crippen molar-refractivity contribution in [2.45, 2.75) is 26.2 Å². The Labute approximate surface area is 165 Å². The van der Waals surface area contributed by atoms with E-state index in [1.54, 1.807) is 0 Å². The Morgan fingerprint density at radius 3 is 2.57 bits per heavy atom. The standard InChI is InChI=1S/C22H27N5O/c1-22(2,3)16-4-6-18-15(12-16)13-19(25-18)21(28)26-20-7-5-17(14-24-20)27-10-8-23-9-11-27/h4-7,12-14,23,25H,8-11H2,1-3H3,(H,24,26,28). The van der Waals surface area contributed by atoms with E-state index in [9.17, 15) is 4.79 Å². The molecule has 3 heterocycles. The van der Waals surface area contributed by atoms with Crippen molar-refractivity contribution in [1.29, 1.82) is 0 Å². The third-order valence-corrected chi connectivity index (χ3v) is 5.20. The number of H-pyrrole nitrogens is 1. The number of hydrogen-bond donors (Lipinski definition) is 3. The van der Waals surface area contributed by atoms with E-state index in [0.717, 1.165) is 42.8 Å². The van der Waals surface area contributed by atoms with E-state index in [2.05, 4.69) is 58.4 Å². The van der Waals surface area contributed by atoms with Crippen molar-refractivity contribution in [2.24, 2.45) is 0 Å². The smallest absolute Gasteiger partial charge is 0.273 e. The number of rotatable bonds is 3. The number of amides is 1. The van der Waals surface area contributed by atoms with Gasteiger partial charge in [-0.2, -0.15) is 0 Å². The number of anilines is 2. The molecule has 146 valence electrons. The van der Waals surface area contributed by atoms with Crippen LogP contribution in [0.2, 0.25) is 0 Å². The summed E-state index contributed by atoms with van der Waals surface area (Å²) in [6.07, 6.45) is 1.82. The molecule has 1 aliphatic rings. The third kappa shape index (κ3) is 3.87. The van der Waals surface area contributed by atoms with Crippen LogP contribution in [-0.4, -0.2) is 42.1 Å². The molecule has 1 amide bonds. The molecular formula is C22H27N5O. The van der Waals surface area contributed by atoms with Crippen molar-refractivity contribution in [3.8, 4) is 0 Å². The number of piperazine rings is 1. The van der Waals surface area contributed by atoms with Gasteiger partial charge in [-0.15, -0.1) is 0 Å². The highest BCUT2D eigenvalue weighted by Crippen LogP contribution is 2.26. The lowest BCUT2D eigenvalue weighted by atomic mass is 9.86. The van der Waals surface area contributed by atoms with Crippen LogP contribution in [0.1, 0.15) is 36.8 Å². The number of aromatic nitrogens is 2. The van der Waals surface area contributed by atoms with Gasteiger partial charge in [0.15, 0.2) is 0 Å². The average Bonchev–Trinajstić information content (AvgIpc) is 3.12. The van der Waals surface area contributed by atoms with Crippen LogP contribution in [0.3, 0.4) is 0 Å². The predicted molar refractivity (Wildman–Crippen MR) is 114 cm³/mol. The highest BCUT2D eigenvalue weighted by Gasteiger charge is 2.16. The molecule has 3 aromatic rings. The molecule has 1 aliphatic heterocycles. The highest BCUT2D eigenvalue weighted by atomic mass is 16.1. The first-order valence-electron chi connectivity index (χ1n) is 9.76. The van der Waals surface area contributed by atoms with Crippen molar-refractivity contribution in [1.82, 2.24) is 15.3 Å². The van der Waals surface area contributed by atoms with Crippen LogP contribution in [0.25, 0.3) is 10.9 Å². The molecule has 3 N–H and O–H groups in total. The molecular weight excluding hydrogens is 350 g/mol. The van der Waals surface area contributed by atoms with E-state index < -0.39 is 0 Å². The lowest BCUT2D eigenvalue weighted by molar-refractivity contribution is 0.102. The van der Waals surface area contributed by atoms with Crippen molar-refractivity contribution in [3.05, 3.63) is 53.9 Å². The Kier molecular flexibility index (Phi) is 4.81. The zero-order valence-electron chi connectivity index (χ0n) is 16.7. The van der Waals surface area contributed by atoms with Crippen LogP contribution in [-0.2, 0) is 5.41 Å². The molecule has 6 heteroatoms. The number of carbonyl (C=O) groups excluding carboxylic acids is 1. The summed E-state index contributed by atoms with van der Waals surface area (Å²) in [6.45, 7) is 10.5. The van der Waals surface area contributed by atoms with Gasteiger partial charge in [-0.1, -0.05) is 26.8 Å². The number of fused-ring (bicyclic) bond motifs is 1. The maximum absolute atomic E-state index is 12.7. The molecule has 0 saturated carbocycles. The first-order valence-corrected chi connectivity index (χ1v) is 9.76. The Balaban J connectivity index is 1.48. The van der Waals surface area contributed by atoms with Crippen LogP contribution < -0.4 is 15.5 Å². The minimum Gasteiger partial charge on any atom is -0.368 e. The van der Waals surface area contributed by atoms with Gasteiger partial charge >= 0.3 is 0 Å². The van der Waals surface area contributed by atoms with Crippen molar-refractivity contribution < 1.29 is 4.79 Å². The SMILES string of the molecule is CC(C)(C)c1ccc2[nH]c(C(=O)Nc3ccc(N4CCNCC4)cn3)cc2c1. The van der Waals surface area contributed by atoms with Crippen LogP contribution in [0.15, 0.2) is 42.6 Å². The summed E-state index contributed by atoms with van der Waals surface area (Å²) in [7, 11) is 0. The molecule has 0 aliphatic carbocycles. The lowest BCUT2D eigenvalue weighted by Crippen LogP contribution is -2.43. The maximum Gasteiger partial charge on any atom is 0.273 e. The molecule has 0 spiro atoms. The number of hydrogen-bond acceptors (Lipinski definition) is 4. The molecule has 0 bridgehead atoms. The summed E-state index contributed by atoms with van der Waals surface area (Å²) < 4.78 is 0. The second kappa shape index (κ2) is 7.28. The van der Waals surface area contributed by atoms with E-state index in [4.69, 9.17) is 0 Å². The summed E-state index contributed by atoms with van der Waals surface area (Å²) in [4.78, 5) is 22.6. The summed E-state index contributed by atoms with van der Waals surface area (Å²) in [5.74, 6) is 0.369. The normalized spacial score (nSPS) is 15.0. The van der Waals surface area contributed by atoms with Crippen molar-refractivity contribution in [2.75, 3.05) is 36.4 Å². The first kappa shape index (κ1) is 18.5. The Morgan fingerprint density at radius 2 is 1.89 bits per heavy atom. The second-order valence-electron chi connectivity index (χ2n) is 8.33. The monoisotopic (exact) mass is 377 g/mol. The zero-order chi connectivity index (χ0) is 19.7. The van der Waals surface area contributed by atoms with Crippen LogP contribution in [0, 0.1) is 0 Å². The number of nitrogens with zero attached hydrogens (tertiary/aromatic N) is 2. The Morgan fingerprint density at radius 1 is 1.11 bits per heavy atom. The molecule has 1 fully saturated rings.